The first kappa shape index (κ1) is 23.5. The molecule has 0 fully saturated rings. The molecule has 130 valence electrons. The van der Waals surface area contributed by atoms with E-state index in [9.17, 15) is 8.42 Å². The Bertz CT molecular complexity index is 305. The summed E-state index contributed by atoms with van der Waals surface area (Å²) < 4.78 is 31.2. The molecule has 0 heterocycles. The van der Waals surface area contributed by atoms with Crippen LogP contribution in [0.3, 0.4) is 0 Å². The van der Waals surface area contributed by atoms with Crippen molar-refractivity contribution in [3.63, 3.8) is 0 Å². The number of hydrogen-bond acceptors (Lipinski definition) is 4. The summed E-state index contributed by atoms with van der Waals surface area (Å²) in [6, 6.07) is 0. The average Bonchev–Trinajstić information content (AvgIpc) is 2.40. The van der Waals surface area contributed by atoms with E-state index in [-0.39, 0.29) is 19.6 Å². The van der Waals surface area contributed by atoms with Crippen molar-refractivity contribution in [3.05, 3.63) is 0 Å². The molecule has 1 unspecified atom stereocenters. The zero-order valence-electron chi connectivity index (χ0n) is 13.9. The highest BCUT2D eigenvalue weighted by atomic mass is 32.3. The number of unbranched alkanes of at least 4 members (excludes halogenated alkanes) is 9. The van der Waals surface area contributed by atoms with Crippen LogP contribution in [0.5, 0.6) is 0 Å². The molecule has 0 saturated carbocycles. The van der Waals surface area contributed by atoms with Crippen LogP contribution < -0.4 is 0 Å². The fourth-order valence-corrected chi connectivity index (χ4v) is 2.78. The SMILES string of the molecule is CCCCCCCCCCCCC(C)OS(=O)(=O)OC.S. The molecule has 0 aliphatic rings. The van der Waals surface area contributed by atoms with E-state index in [2.05, 4.69) is 11.1 Å². The molecule has 1 atom stereocenters. The molecule has 0 saturated heterocycles. The lowest BCUT2D eigenvalue weighted by Crippen LogP contribution is -2.16. The highest BCUT2D eigenvalue weighted by Crippen LogP contribution is 2.13. The molecular weight excluding hydrogens is 308 g/mol. The maximum Gasteiger partial charge on any atom is 0.399 e. The van der Waals surface area contributed by atoms with E-state index in [0.717, 1.165) is 26.4 Å². The van der Waals surface area contributed by atoms with Crippen LogP contribution in [0.4, 0.5) is 0 Å². The van der Waals surface area contributed by atoms with Crippen LogP contribution in [0.1, 0.15) is 84.5 Å². The van der Waals surface area contributed by atoms with Gasteiger partial charge in [-0.2, -0.15) is 21.9 Å². The van der Waals surface area contributed by atoms with E-state index >= 15 is 0 Å². The summed E-state index contributed by atoms with van der Waals surface area (Å²) >= 11 is 0. The third-order valence-electron chi connectivity index (χ3n) is 3.45. The van der Waals surface area contributed by atoms with Crippen molar-refractivity contribution in [1.29, 1.82) is 0 Å². The summed E-state index contributed by atoms with van der Waals surface area (Å²) in [5.74, 6) is 0. The molecule has 0 radical (unpaired) electrons. The summed E-state index contributed by atoms with van der Waals surface area (Å²) in [6.07, 6.45) is 13.2. The lowest BCUT2D eigenvalue weighted by Gasteiger charge is -2.11. The highest BCUT2D eigenvalue weighted by molar-refractivity contribution is 7.81. The Morgan fingerprint density at radius 1 is 0.857 bits per heavy atom. The minimum absolute atomic E-state index is 0. The Hall–Kier alpha value is 0.220. The van der Waals surface area contributed by atoms with Gasteiger partial charge < -0.3 is 0 Å². The van der Waals surface area contributed by atoms with Gasteiger partial charge in [-0.15, -0.1) is 0 Å². The molecule has 0 aromatic carbocycles. The summed E-state index contributed by atoms with van der Waals surface area (Å²) in [5, 5.41) is 0. The third kappa shape index (κ3) is 16.4. The van der Waals surface area contributed by atoms with Gasteiger partial charge in [-0.05, 0) is 13.3 Å². The van der Waals surface area contributed by atoms with Crippen LogP contribution >= 0.6 is 13.5 Å². The van der Waals surface area contributed by atoms with Crippen LogP contribution in [0.2, 0.25) is 0 Å². The van der Waals surface area contributed by atoms with Crippen molar-refractivity contribution in [3.8, 4) is 0 Å². The van der Waals surface area contributed by atoms with E-state index < -0.39 is 10.4 Å². The Morgan fingerprint density at radius 2 is 1.29 bits per heavy atom. The smallest absolute Gasteiger partial charge is 0.252 e. The van der Waals surface area contributed by atoms with Crippen LogP contribution in [0, 0.1) is 0 Å². The van der Waals surface area contributed by atoms with Crippen LogP contribution in [-0.2, 0) is 18.8 Å². The Labute approximate surface area is 138 Å². The van der Waals surface area contributed by atoms with Crippen molar-refractivity contribution in [2.24, 2.45) is 0 Å². The van der Waals surface area contributed by atoms with E-state index in [1.807, 2.05) is 0 Å². The maximum atomic E-state index is 11.0. The molecule has 0 aliphatic carbocycles. The summed E-state index contributed by atoms with van der Waals surface area (Å²) in [4.78, 5) is 0. The predicted octanol–water partition coefficient (Wildman–Crippen LogP) is 4.71. The van der Waals surface area contributed by atoms with Gasteiger partial charge in [0.25, 0.3) is 0 Å². The first-order valence-corrected chi connectivity index (χ1v) is 9.34. The van der Waals surface area contributed by atoms with Gasteiger partial charge in [-0.3, -0.25) is 4.18 Å². The average molecular weight is 343 g/mol. The largest absolute Gasteiger partial charge is 0.399 e. The quantitative estimate of drug-likeness (QED) is 0.429. The first-order chi connectivity index (χ1) is 9.52. The van der Waals surface area contributed by atoms with Crippen molar-refractivity contribution < 1.29 is 16.8 Å². The lowest BCUT2D eigenvalue weighted by atomic mass is 10.1. The predicted molar refractivity (Wildman–Crippen MR) is 93.3 cm³/mol. The molecule has 0 aromatic rings. The van der Waals surface area contributed by atoms with Crippen LogP contribution in [0.25, 0.3) is 0 Å². The number of rotatable bonds is 14. The second kappa shape index (κ2) is 15.1. The minimum atomic E-state index is -3.78. The van der Waals surface area contributed by atoms with Gasteiger partial charge in [0, 0.05) is 0 Å². The van der Waals surface area contributed by atoms with E-state index in [1.165, 1.54) is 51.4 Å². The standard InChI is InChI=1S/C15H32O4S.H2S/c1-4-5-6-7-8-9-10-11-12-13-14-15(2)19-20(16,17)18-3;/h15H,4-14H2,1-3H3;1H2. The summed E-state index contributed by atoms with van der Waals surface area (Å²) in [7, 11) is -2.67. The Morgan fingerprint density at radius 3 is 1.71 bits per heavy atom. The second-order valence-electron chi connectivity index (χ2n) is 5.45. The van der Waals surface area contributed by atoms with Crippen molar-refractivity contribution in [2.45, 2.75) is 90.6 Å². The van der Waals surface area contributed by atoms with E-state index in [4.69, 9.17) is 4.18 Å². The molecule has 0 bridgehead atoms. The zero-order chi connectivity index (χ0) is 15.3. The number of hydrogen-bond donors (Lipinski definition) is 0. The Kier molecular flexibility index (Phi) is 16.9. The highest BCUT2D eigenvalue weighted by Gasteiger charge is 2.14. The molecule has 21 heavy (non-hydrogen) atoms. The molecule has 0 aliphatic heterocycles. The summed E-state index contributed by atoms with van der Waals surface area (Å²) in [5.41, 5.74) is 0. The first-order valence-electron chi connectivity index (χ1n) is 8.00. The van der Waals surface area contributed by atoms with Crippen molar-refractivity contribution in [1.82, 2.24) is 0 Å². The van der Waals surface area contributed by atoms with Gasteiger partial charge in [-0.1, -0.05) is 71.1 Å². The molecular formula is C15H34O4S2. The molecule has 0 rings (SSSR count). The van der Waals surface area contributed by atoms with Gasteiger partial charge in [0.2, 0.25) is 0 Å². The topological polar surface area (TPSA) is 52.6 Å². The van der Waals surface area contributed by atoms with Crippen LogP contribution in [-0.4, -0.2) is 21.6 Å². The van der Waals surface area contributed by atoms with E-state index in [0.29, 0.717) is 0 Å². The molecule has 6 heteroatoms. The Balaban J connectivity index is 0. The monoisotopic (exact) mass is 342 g/mol. The minimum Gasteiger partial charge on any atom is -0.252 e. The third-order valence-corrected chi connectivity index (χ3v) is 4.42. The van der Waals surface area contributed by atoms with Gasteiger partial charge in [0.1, 0.15) is 0 Å². The second-order valence-corrected chi connectivity index (χ2v) is 6.79. The fourth-order valence-electron chi connectivity index (χ4n) is 2.21. The fraction of sp³-hybridized carbons (Fsp3) is 1.00. The zero-order valence-corrected chi connectivity index (χ0v) is 15.7. The lowest BCUT2D eigenvalue weighted by molar-refractivity contribution is 0.173. The summed E-state index contributed by atoms with van der Waals surface area (Å²) in [6.45, 7) is 4.01. The van der Waals surface area contributed by atoms with Gasteiger partial charge in [-0.25, -0.2) is 4.18 Å². The van der Waals surface area contributed by atoms with Crippen LogP contribution in [0.15, 0.2) is 0 Å². The van der Waals surface area contributed by atoms with Crippen molar-refractivity contribution in [2.75, 3.05) is 7.11 Å². The molecule has 4 nitrogen and oxygen atoms in total. The van der Waals surface area contributed by atoms with Gasteiger partial charge in [0.05, 0.1) is 13.2 Å². The molecule has 0 amide bonds. The van der Waals surface area contributed by atoms with Gasteiger partial charge >= 0.3 is 10.4 Å². The van der Waals surface area contributed by atoms with Gasteiger partial charge in [0.15, 0.2) is 0 Å². The molecule has 0 spiro atoms. The van der Waals surface area contributed by atoms with E-state index in [1.54, 1.807) is 6.92 Å². The normalized spacial score (nSPS) is 12.9. The molecule has 0 aromatic heterocycles. The maximum absolute atomic E-state index is 11.0. The van der Waals surface area contributed by atoms with Crippen molar-refractivity contribution >= 4 is 23.9 Å². The molecule has 0 N–H and O–H groups in total.